The van der Waals surface area contributed by atoms with E-state index in [0.29, 0.717) is 56.3 Å². The number of hydrogen-bond donors (Lipinski definition) is 1. The SMILES string of the molecule is FC(F)(F)Oc1cc(CNCCCCOCCOc2nc3ccccc3c3cnccc23)cc(Cc2ccoc2)c1. The Bertz CT molecular complexity index is 1560. The monoisotopic (exact) mass is 565 g/mol. The summed E-state index contributed by atoms with van der Waals surface area (Å²) in [7, 11) is 0. The van der Waals surface area contributed by atoms with Gasteiger partial charge >= 0.3 is 6.36 Å². The van der Waals surface area contributed by atoms with Crippen molar-refractivity contribution in [3.8, 4) is 11.6 Å². The van der Waals surface area contributed by atoms with Gasteiger partial charge in [0.05, 0.1) is 24.6 Å². The van der Waals surface area contributed by atoms with E-state index < -0.39 is 6.36 Å². The maximum atomic E-state index is 12.8. The van der Waals surface area contributed by atoms with Crippen LogP contribution in [0.5, 0.6) is 11.6 Å². The van der Waals surface area contributed by atoms with Gasteiger partial charge < -0.3 is 23.9 Å². The fourth-order valence-electron chi connectivity index (χ4n) is 4.61. The minimum absolute atomic E-state index is 0.227. The summed E-state index contributed by atoms with van der Waals surface area (Å²) in [5.74, 6) is 0.334. The van der Waals surface area contributed by atoms with Crippen LogP contribution in [0.1, 0.15) is 29.5 Å². The highest BCUT2D eigenvalue weighted by Gasteiger charge is 2.31. The normalized spacial score (nSPS) is 11.8. The molecular formula is C31H30F3N3O4. The lowest BCUT2D eigenvalue weighted by Gasteiger charge is -2.13. The zero-order valence-corrected chi connectivity index (χ0v) is 22.3. The number of unbranched alkanes of at least 4 members (excludes halogenated alkanes) is 1. The number of nitrogens with zero attached hydrogens (tertiary/aromatic N) is 2. The molecule has 2 aromatic carbocycles. The molecule has 1 N–H and O–H groups in total. The molecule has 10 heteroatoms. The molecule has 5 rings (SSSR count). The second-order valence-electron chi connectivity index (χ2n) is 9.54. The summed E-state index contributed by atoms with van der Waals surface area (Å²) in [5.41, 5.74) is 3.15. The van der Waals surface area contributed by atoms with Gasteiger partial charge in [-0.3, -0.25) is 4.98 Å². The molecule has 41 heavy (non-hydrogen) atoms. The molecule has 0 atom stereocenters. The van der Waals surface area contributed by atoms with Crippen LogP contribution in [0.15, 0.2) is 83.9 Å². The quantitative estimate of drug-likeness (QED) is 0.117. The van der Waals surface area contributed by atoms with Crippen molar-refractivity contribution in [1.29, 1.82) is 0 Å². The standard InChI is InChI=1S/C31H30F3N3O4/c32-31(33,34)41-25-17-23(15-22-8-12-39-21-22)16-24(18-25)19-35-9-3-4-11-38-13-14-40-30-27-7-10-36-20-28(27)26-5-1-2-6-29(26)37-30/h1-2,5-8,10,12,16-18,20-21,35H,3-4,9,11,13-15,19H2. The smallest absolute Gasteiger partial charge is 0.475 e. The van der Waals surface area contributed by atoms with Gasteiger partial charge in [0, 0.05) is 48.1 Å². The van der Waals surface area contributed by atoms with Crippen LogP contribution in [0.2, 0.25) is 0 Å². The Kier molecular flexibility index (Phi) is 9.33. The third-order valence-electron chi connectivity index (χ3n) is 6.40. The third-order valence-corrected chi connectivity index (χ3v) is 6.40. The molecule has 7 nitrogen and oxygen atoms in total. The maximum Gasteiger partial charge on any atom is 0.573 e. The van der Waals surface area contributed by atoms with Gasteiger partial charge in [-0.05, 0) is 66.4 Å². The fraction of sp³-hybridized carbons (Fsp3) is 0.290. The lowest BCUT2D eigenvalue weighted by atomic mass is 10.0. The number of halogens is 3. The third kappa shape index (κ3) is 8.18. The molecule has 0 unspecified atom stereocenters. The summed E-state index contributed by atoms with van der Waals surface area (Å²) in [4.78, 5) is 8.90. The number of rotatable bonds is 14. The van der Waals surface area contributed by atoms with E-state index in [9.17, 15) is 13.2 Å². The number of ether oxygens (including phenoxy) is 3. The molecule has 0 saturated carbocycles. The molecule has 0 radical (unpaired) electrons. The number of furan rings is 1. The minimum Gasteiger partial charge on any atom is -0.475 e. The van der Waals surface area contributed by atoms with E-state index >= 15 is 0 Å². The zero-order valence-electron chi connectivity index (χ0n) is 22.3. The molecule has 0 saturated heterocycles. The van der Waals surface area contributed by atoms with Crippen LogP contribution in [0, 0.1) is 0 Å². The summed E-state index contributed by atoms with van der Waals surface area (Å²) >= 11 is 0. The Hall–Kier alpha value is -4.15. The van der Waals surface area contributed by atoms with Crippen LogP contribution < -0.4 is 14.8 Å². The molecule has 0 aliphatic carbocycles. The average molecular weight is 566 g/mol. The molecule has 5 aromatic rings. The minimum atomic E-state index is -4.75. The highest BCUT2D eigenvalue weighted by atomic mass is 19.4. The first-order valence-electron chi connectivity index (χ1n) is 13.4. The number of benzene rings is 2. The molecule has 0 aliphatic heterocycles. The topological polar surface area (TPSA) is 78.6 Å². The first kappa shape index (κ1) is 28.4. The Morgan fingerprint density at radius 3 is 2.59 bits per heavy atom. The van der Waals surface area contributed by atoms with E-state index in [1.165, 1.54) is 18.4 Å². The summed E-state index contributed by atoms with van der Waals surface area (Å²) in [6.45, 7) is 2.50. The molecule has 0 bridgehead atoms. The Balaban J connectivity index is 1.02. The summed E-state index contributed by atoms with van der Waals surface area (Å²) in [5, 5.41) is 6.22. The van der Waals surface area contributed by atoms with Gasteiger partial charge in [0.15, 0.2) is 0 Å². The van der Waals surface area contributed by atoms with Gasteiger partial charge in [-0.15, -0.1) is 13.2 Å². The summed E-state index contributed by atoms with van der Waals surface area (Å²) in [6.07, 6.45) is 4.04. The first-order chi connectivity index (χ1) is 19.9. The fourth-order valence-corrected chi connectivity index (χ4v) is 4.61. The maximum absolute atomic E-state index is 12.8. The Morgan fingerprint density at radius 2 is 1.73 bits per heavy atom. The largest absolute Gasteiger partial charge is 0.573 e. The van der Waals surface area contributed by atoms with Crippen LogP contribution in [-0.2, 0) is 17.7 Å². The van der Waals surface area contributed by atoms with Crippen molar-refractivity contribution in [3.63, 3.8) is 0 Å². The molecular weight excluding hydrogens is 535 g/mol. The van der Waals surface area contributed by atoms with Gasteiger partial charge in [-0.1, -0.05) is 24.3 Å². The number of fused-ring (bicyclic) bond motifs is 3. The van der Waals surface area contributed by atoms with Gasteiger partial charge in [0.25, 0.3) is 0 Å². The van der Waals surface area contributed by atoms with Crippen molar-refractivity contribution in [1.82, 2.24) is 15.3 Å². The number of pyridine rings is 2. The predicted molar refractivity (Wildman–Crippen MR) is 149 cm³/mol. The van der Waals surface area contributed by atoms with Crippen molar-refractivity contribution >= 4 is 21.7 Å². The van der Waals surface area contributed by atoms with Crippen LogP contribution >= 0.6 is 0 Å². The number of nitrogens with one attached hydrogen (secondary N) is 1. The lowest BCUT2D eigenvalue weighted by Crippen LogP contribution is -2.18. The van der Waals surface area contributed by atoms with Crippen molar-refractivity contribution in [2.45, 2.75) is 32.2 Å². The lowest BCUT2D eigenvalue weighted by molar-refractivity contribution is -0.274. The van der Waals surface area contributed by atoms with E-state index in [4.69, 9.17) is 13.9 Å². The second kappa shape index (κ2) is 13.5. The Morgan fingerprint density at radius 1 is 0.854 bits per heavy atom. The van der Waals surface area contributed by atoms with Crippen LogP contribution in [0.3, 0.4) is 0 Å². The average Bonchev–Trinajstić information content (AvgIpc) is 3.46. The molecule has 3 heterocycles. The summed E-state index contributed by atoms with van der Waals surface area (Å²) in [6, 6.07) is 16.3. The van der Waals surface area contributed by atoms with E-state index in [2.05, 4.69) is 20.0 Å². The van der Waals surface area contributed by atoms with Crippen LogP contribution in [0.25, 0.3) is 21.7 Å². The molecule has 0 aliphatic rings. The second-order valence-corrected chi connectivity index (χ2v) is 9.54. The number of para-hydroxylation sites is 1. The molecule has 0 fully saturated rings. The Labute approximate surface area is 235 Å². The van der Waals surface area contributed by atoms with E-state index in [1.807, 2.05) is 42.6 Å². The first-order valence-corrected chi connectivity index (χ1v) is 13.4. The number of hydrogen-bond acceptors (Lipinski definition) is 7. The van der Waals surface area contributed by atoms with Crippen molar-refractivity contribution < 1.29 is 31.8 Å². The van der Waals surface area contributed by atoms with Gasteiger partial charge in [-0.25, -0.2) is 4.98 Å². The molecule has 214 valence electrons. The molecule has 0 amide bonds. The van der Waals surface area contributed by atoms with Crippen LogP contribution in [0.4, 0.5) is 13.2 Å². The highest BCUT2D eigenvalue weighted by molar-refractivity contribution is 6.07. The molecule has 0 spiro atoms. The van der Waals surface area contributed by atoms with E-state index in [1.54, 1.807) is 18.5 Å². The van der Waals surface area contributed by atoms with Gasteiger partial charge in [-0.2, -0.15) is 0 Å². The number of alkyl halides is 3. The van der Waals surface area contributed by atoms with E-state index in [0.717, 1.165) is 40.1 Å². The van der Waals surface area contributed by atoms with Crippen molar-refractivity contribution in [2.75, 3.05) is 26.4 Å². The van der Waals surface area contributed by atoms with Gasteiger partial charge in [0.1, 0.15) is 12.4 Å². The predicted octanol–water partition coefficient (Wildman–Crippen LogP) is 6.83. The van der Waals surface area contributed by atoms with Gasteiger partial charge in [0.2, 0.25) is 5.88 Å². The molecule has 3 aromatic heterocycles. The van der Waals surface area contributed by atoms with E-state index in [-0.39, 0.29) is 5.75 Å². The van der Waals surface area contributed by atoms with Crippen molar-refractivity contribution in [2.24, 2.45) is 0 Å². The number of aromatic nitrogens is 2. The summed E-state index contributed by atoms with van der Waals surface area (Å²) < 4.78 is 59.3. The zero-order chi connectivity index (χ0) is 28.5. The highest BCUT2D eigenvalue weighted by Crippen LogP contribution is 2.30. The van der Waals surface area contributed by atoms with Crippen molar-refractivity contribution in [3.05, 3.63) is 96.2 Å². The van der Waals surface area contributed by atoms with Crippen LogP contribution in [-0.4, -0.2) is 42.7 Å².